The lowest BCUT2D eigenvalue weighted by molar-refractivity contribution is -0.0428. The smallest absolute Gasteiger partial charge is 0.429 e. The lowest BCUT2D eigenvalue weighted by Crippen LogP contribution is -2.48. The number of carbonyl (C=O) groups is 2. The van der Waals surface area contributed by atoms with Crippen LogP contribution >= 0.6 is 0 Å². The maximum Gasteiger partial charge on any atom is 0.429 e. The second kappa shape index (κ2) is 5.39. The third kappa shape index (κ3) is 5.44. The minimum absolute atomic E-state index is 0.201. The van der Waals surface area contributed by atoms with Crippen molar-refractivity contribution < 1.29 is 19.1 Å². The van der Waals surface area contributed by atoms with E-state index in [9.17, 15) is 9.59 Å². The Kier molecular flexibility index (Phi) is 4.51. The van der Waals surface area contributed by atoms with E-state index in [1.54, 1.807) is 41.5 Å². The van der Waals surface area contributed by atoms with E-state index in [4.69, 9.17) is 9.47 Å². The summed E-state index contributed by atoms with van der Waals surface area (Å²) in [6, 6.07) is 0. The van der Waals surface area contributed by atoms with Gasteiger partial charge in [-0.15, -0.1) is 0 Å². The van der Waals surface area contributed by atoms with Gasteiger partial charge in [0.25, 0.3) is 0 Å². The molecule has 0 unspecified atom stereocenters. The summed E-state index contributed by atoms with van der Waals surface area (Å²) >= 11 is 0. The van der Waals surface area contributed by atoms with Gasteiger partial charge in [-0.3, -0.25) is 0 Å². The second-order valence-corrected chi connectivity index (χ2v) is 8.24. The monoisotopic (exact) mass is 300 g/mol. The highest BCUT2D eigenvalue weighted by molar-refractivity contribution is 5.75. The van der Waals surface area contributed by atoms with Crippen LogP contribution in [-0.4, -0.2) is 46.5 Å². The Morgan fingerprint density at radius 3 is 1.33 bits per heavy atom. The molecule has 6 heteroatoms. The molecule has 0 bridgehead atoms. The highest BCUT2D eigenvalue weighted by Crippen LogP contribution is 2.30. The fourth-order valence-corrected chi connectivity index (χ4v) is 1.99. The van der Waals surface area contributed by atoms with Crippen LogP contribution in [0.1, 0.15) is 55.4 Å². The van der Waals surface area contributed by atoms with Crippen molar-refractivity contribution >= 4 is 12.2 Å². The highest BCUT2D eigenvalue weighted by atomic mass is 16.6. The van der Waals surface area contributed by atoms with Gasteiger partial charge < -0.3 is 9.47 Å². The molecule has 1 rings (SSSR count). The summed E-state index contributed by atoms with van der Waals surface area (Å²) in [7, 11) is 0. The fraction of sp³-hybridized carbons (Fsp3) is 0.867. The molecular weight excluding hydrogens is 272 g/mol. The van der Waals surface area contributed by atoms with Crippen LogP contribution < -0.4 is 0 Å². The molecule has 1 saturated heterocycles. The molecular formula is C15H28N2O4. The number of ether oxygens (including phenoxy) is 2. The number of nitrogens with zero attached hydrogens (tertiary/aromatic N) is 2. The number of hydrazine groups is 1. The molecule has 1 heterocycles. The van der Waals surface area contributed by atoms with Crippen molar-refractivity contribution in [3.63, 3.8) is 0 Å². The maximum absolute atomic E-state index is 12.3. The molecule has 2 amide bonds. The van der Waals surface area contributed by atoms with Gasteiger partial charge in [-0.1, -0.05) is 13.8 Å². The maximum atomic E-state index is 12.3. The van der Waals surface area contributed by atoms with E-state index in [1.807, 2.05) is 13.8 Å². The summed E-state index contributed by atoms with van der Waals surface area (Å²) in [5.74, 6) is 0. The van der Waals surface area contributed by atoms with Crippen LogP contribution in [0.5, 0.6) is 0 Å². The summed E-state index contributed by atoms with van der Waals surface area (Å²) in [5, 5.41) is 2.67. The van der Waals surface area contributed by atoms with Crippen LogP contribution in [0.2, 0.25) is 0 Å². The van der Waals surface area contributed by atoms with E-state index >= 15 is 0 Å². The van der Waals surface area contributed by atoms with E-state index in [2.05, 4.69) is 0 Å². The summed E-state index contributed by atoms with van der Waals surface area (Å²) in [4.78, 5) is 24.6. The molecule has 0 aromatic heterocycles. The molecule has 21 heavy (non-hydrogen) atoms. The quantitative estimate of drug-likeness (QED) is 0.688. The zero-order chi connectivity index (χ0) is 16.6. The molecule has 0 saturated carbocycles. The average Bonchev–Trinajstić information content (AvgIpc) is 2.49. The summed E-state index contributed by atoms with van der Waals surface area (Å²) < 4.78 is 10.7. The van der Waals surface area contributed by atoms with Gasteiger partial charge in [-0.05, 0) is 41.5 Å². The topological polar surface area (TPSA) is 59.1 Å². The van der Waals surface area contributed by atoms with Crippen molar-refractivity contribution in [1.82, 2.24) is 10.0 Å². The largest absolute Gasteiger partial charge is 0.442 e. The van der Waals surface area contributed by atoms with Gasteiger partial charge in [0, 0.05) is 5.41 Å². The van der Waals surface area contributed by atoms with Crippen molar-refractivity contribution in [3.8, 4) is 0 Å². The normalized spacial score (nSPS) is 18.7. The lowest BCUT2D eigenvalue weighted by atomic mass is 9.95. The molecule has 0 spiro atoms. The fourth-order valence-electron chi connectivity index (χ4n) is 1.99. The van der Waals surface area contributed by atoms with Gasteiger partial charge in [-0.2, -0.15) is 0 Å². The van der Waals surface area contributed by atoms with E-state index in [1.165, 1.54) is 10.0 Å². The number of carbonyl (C=O) groups excluding carboxylic acids is 2. The van der Waals surface area contributed by atoms with Gasteiger partial charge in [0.1, 0.15) is 11.2 Å². The Hall–Kier alpha value is -1.46. The van der Waals surface area contributed by atoms with Crippen LogP contribution in [0.25, 0.3) is 0 Å². The SMILES string of the molecule is CC1(C)CN(C(=O)OC(C)(C)C)N(C(=O)OC(C)(C)C)C1. The van der Waals surface area contributed by atoms with Crippen molar-refractivity contribution in [2.24, 2.45) is 5.41 Å². The number of amides is 2. The number of hydrogen-bond donors (Lipinski definition) is 0. The van der Waals surface area contributed by atoms with Crippen LogP contribution in [0.15, 0.2) is 0 Å². The molecule has 1 aliphatic heterocycles. The minimum atomic E-state index is -0.608. The van der Waals surface area contributed by atoms with Gasteiger partial charge in [0.15, 0.2) is 0 Å². The van der Waals surface area contributed by atoms with E-state index in [0.29, 0.717) is 13.1 Å². The van der Waals surface area contributed by atoms with E-state index in [0.717, 1.165) is 0 Å². The predicted octanol–water partition coefficient (Wildman–Crippen LogP) is 3.42. The zero-order valence-electron chi connectivity index (χ0n) is 14.4. The van der Waals surface area contributed by atoms with Crippen molar-refractivity contribution in [3.05, 3.63) is 0 Å². The first kappa shape index (κ1) is 17.6. The molecule has 0 aromatic carbocycles. The van der Waals surface area contributed by atoms with Crippen molar-refractivity contribution in [1.29, 1.82) is 0 Å². The summed E-state index contributed by atoms with van der Waals surface area (Å²) in [6.45, 7) is 15.6. The second-order valence-electron chi connectivity index (χ2n) is 8.24. The molecule has 1 fully saturated rings. The van der Waals surface area contributed by atoms with Crippen molar-refractivity contribution in [2.45, 2.75) is 66.6 Å². The van der Waals surface area contributed by atoms with Gasteiger partial charge in [0.05, 0.1) is 13.1 Å². The Bertz CT molecular complexity index is 380. The lowest BCUT2D eigenvalue weighted by Gasteiger charge is -2.31. The molecule has 0 radical (unpaired) electrons. The van der Waals surface area contributed by atoms with Crippen LogP contribution in [-0.2, 0) is 9.47 Å². The third-order valence-corrected chi connectivity index (χ3v) is 2.66. The minimum Gasteiger partial charge on any atom is -0.442 e. The van der Waals surface area contributed by atoms with Crippen LogP contribution in [0, 0.1) is 5.41 Å². The molecule has 0 aromatic rings. The number of rotatable bonds is 0. The predicted molar refractivity (Wildman–Crippen MR) is 79.7 cm³/mol. The summed E-state index contributed by atoms with van der Waals surface area (Å²) in [6.07, 6.45) is -1.06. The Balaban J connectivity index is 2.89. The Morgan fingerprint density at radius 2 is 1.10 bits per heavy atom. The van der Waals surface area contributed by atoms with E-state index < -0.39 is 23.4 Å². The molecule has 6 nitrogen and oxygen atoms in total. The van der Waals surface area contributed by atoms with Crippen molar-refractivity contribution in [2.75, 3.05) is 13.1 Å². The van der Waals surface area contributed by atoms with Gasteiger partial charge in [-0.25, -0.2) is 19.6 Å². The zero-order valence-corrected chi connectivity index (χ0v) is 14.4. The van der Waals surface area contributed by atoms with Crippen LogP contribution in [0.3, 0.4) is 0 Å². The standard InChI is InChI=1S/C15H28N2O4/c1-13(2,3)20-11(18)16-9-15(7,8)10-17(16)12(19)21-14(4,5)6/h9-10H2,1-8H3. The molecule has 0 aliphatic carbocycles. The van der Waals surface area contributed by atoms with Gasteiger partial charge >= 0.3 is 12.2 Å². The molecule has 122 valence electrons. The molecule has 0 N–H and O–H groups in total. The van der Waals surface area contributed by atoms with E-state index in [-0.39, 0.29) is 5.41 Å². The number of hydrogen-bond acceptors (Lipinski definition) is 4. The van der Waals surface area contributed by atoms with Crippen LogP contribution in [0.4, 0.5) is 9.59 Å². The highest BCUT2D eigenvalue weighted by Gasteiger charge is 2.44. The summed E-state index contributed by atoms with van der Waals surface area (Å²) in [5.41, 5.74) is -1.42. The molecule has 1 aliphatic rings. The average molecular weight is 300 g/mol. The molecule has 0 atom stereocenters. The first-order valence-electron chi connectivity index (χ1n) is 7.21. The van der Waals surface area contributed by atoms with Gasteiger partial charge in [0.2, 0.25) is 0 Å². The third-order valence-electron chi connectivity index (χ3n) is 2.66. The Morgan fingerprint density at radius 1 is 0.810 bits per heavy atom. The first-order valence-corrected chi connectivity index (χ1v) is 7.21. The first-order chi connectivity index (χ1) is 9.20. The Labute approximate surface area is 127 Å².